The molecule has 0 radical (unpaired) electrons. The van der Waals surface area contributed by atoms with E-state index in [-0.39, 0.29) is 11.4 Å². The molecule has 4 aromatic rings. The normalized spacial score (nSPS) is 11.2. The van der Waals surface area contributed by atoms with Crippen LogP contribution >= 0.6 is 0 Å². The number of aromatic amines is 1. The second-order valence-electron chi connectivity index (χ2n) is 7.91. The van der Waals surface area contributed by atoms with Gasteiger partial charge in [0.1, 0.15) is 18.1 Å². The van der Waals surface area contributed by atoms with E-state index in [0.29, 0.717) is 23.6 Å². The minimum atomic E-state index is -0.472. The SMILES string of the molecule is CC(=NNC(=O)c1cc(-c2ccc(OCc3ccc(C)cc3)cc2)n[nH]1)c1ccc([N+](=O)[O-])cc1. The number of hydrogen-bond acceptors (Lipinski definition) is 6. The average Bonchev–Trinajstić information content (AvgIpc) is 3.37. The molecule has 1 heterocycles. The number of H-pyrrole nitrogens is 1. The minimum absolute atomic E-state index is 0.0126. The Hall–Kier alpha value is -4.79. The van der Waals surface area contributed by atoms with Crippen molar-refractivity contribution in [3.63, 3.8) is 0 Å². The molecule has 176 valence electrons. The number of ether oxygens (including phenoxy) is 1. The van der Waals surface area contributed by atoms with Crippen molar-refractivity contribution in [1.29, 1.82) is 0 Å². The van der Waals surface area contributed by atoms with Crippen LogP contribution in [0.1, 0.15) is 34.1 Å². The van der Waals surface area contributed by atoms with Gasteiger partial charge in [-0.05, 0) is 67.4 Å². The molecule has 3 aromatic carbocycles. The van der Waals surface area contributed by atoms with Crippen molar-refractivity contribution in [2.24, 2.45) is 5.10 Å². The number of nitrogens with zero attached hydrogens (tertiary/aromatic N) is 3. The quantitative estimate of drug-likeness (QED) is 0.213. The van der Waals surface area contributed by atoms with Gasteiger partial charge >= 0.3 is 0 Å². The van der Waals surface area contributed by atoms with Gasteiger partial charge in [0.25, 0.3) is 11.6 Å². The summed E-state index contributed by atoms with van der Waals surface area (Å²) in [6.07, 6.45) is 0. The molecule has 9 heteroatoms. The molecule has 1 amide bonds. The topological polar surface area (TPSA) is 123 Å². The zero-order chi connectivity index (χ0) is 24.8. The van der Waals surface area contributed by atoms with Crippen LogP contribution < -0.4 is 10.2 Å². The third kappa shape index (κ3) is 5.97. The van der Waals surface area contributed by atoms with Crippen LogP contribution in [0, 0.1) is 17.0 Å². The highest BCUT2D eigenvalue weighted by molar-refractivity contribution is 6.00. The summed E-state index contributed by atoms with van der Waals surface area (Å²) < 4.78 is 5.83. The number of rotatable bonds is 8. The predicted molar refractivity (Wildman–Crippen MR) is 132 cm³/mol. The molecule has 0 saturated carbocycles. The van der Waals surface area contributed by atoms with Gasteiger partial charge in [0, 0.05) is 17.7 Å². The van der Waals surface area contributed by atoms with E-state index in [1.165, 1.54) is 17.7 Å². The molecule has 4 rings (SSSR count). The summed E-state index contributed by atoms with van der Waals surface area (Å²) in [5.41, 5.74) is 7.60. The summed E-state index contributed by atoms with van der Waals surface area (Å²) in [5.74, 6) is 0.280. The van der Waals surface area contributed by atoms with Gasteiger partial charge in [-0.15, -0.1) is 0 Å². The fourth-order valence-electron chi connectivity index (χ4n) is 3.24. The maximum Gasteiger partial charge on any atom is 0.289 e. The zero-order valence-electron chi connectivity index (χ0n) is 19.2. The second kappa shape index (κ2) is 10.4. The number of hydrazone groups is 1. The van der Waals surface area contributed by atoms with Crippen molar-refractivity contribution >= 4 is 17.3 Å². The molecule has 1 aromatic heterocycles. The van der Waals surface area contributed by atoms with Gasteiger partial charge in [-0.2, -0.15) is 10.2 Å². The van der Waals surface area contributed by atoms with Crippen LogP contribution in [0.15, 0.2) is 84.0 Å². The van der Waals surface area contributed by atoms with Crippen molar-refractivity contribution in [2.45, 2.75) is 20.5 Å². The number of aryl methyl sites for hydroxylation is 1. The lowest BCUT2D eigenvalue weighted by atomic mass is 10.1. The van der Waals surface area contributed by atoms with E-state index in [4.69, 9.17) is 4.74 Å². The van der Waals surface area contributed by atoms with Crippen molar-refractivity contribution in [3.05, 3.63) is 111 Å². The first-order valence-electron chi connectivity index (χ1n) is 10.8. The maximum atomic E-state index is 12.5. The number of nitro benzene ring substituents is 1. The molecule has 0 unspecified atom stereocenters. The number of hydrogen-bond donors (Lipinski definition) is 2. The average molecular weight is 470 g/mol. The first-order valence-corrected chi connectivity index (χ1v) is 10.8. The molecule has 35 heavy (non-hydrogen) atoms. The van der Waals surface area contributed by atoms with Crippen LogP contribution in [0.2, 0.25) is 0 Å². The Morgan fingerprint density at radius 3 is 2.40 bits per heavy atom. The largest absolute Gasteiger partial charge is 0.489 e. The molecule has 0 aliphatic heterocycles. The van der Waals surface area contributed by atoms with Crippen LogP contribution in [0.5, 0.6) is 5.75 Å². The smallest absolute Gasteiger partial charge is 0.289 e. The number of nitro groups is 1. The molecular weight excluding hydrogens is 446 g/mol. The lowest BCUT2D eigenvalue weighted by Crippen LogP contribution is -2.19. The molecule has 9 nitrogen and oxygen atoms in total. The van der Waals surface area contributed by atoms with Crippen LogP contribution in [0.3, 0.4) is 0 Å². The summed E-state index contributed by atoms with van der Waals surface area (Å²) in [6.45, 7) is 4.22. The molecule has 0 saturated heterocycles. The number of carbonyl (C=O) groups is 1. The van der Waals surface area contributed by atoms with Gasteiger partial charge in [-0.3, -0.25) is 20.0 Å². The van der Waals surface area contributed by atoms with Crippen molar-refractivity contribution in [3.8, 4) is 17.0 Å². The number of amides is 1. The van der Waals surface area contributed by atoms with Crippen molar-refractivity contribution in [2.75, 3.05) is 0 Å². The summed E-state index contributed by atoms with van der Waals surface area (Å²) in [7, 11) is 0. The lowest BCUT2D eigenvalue weighted by Gasteiger charge is -2.07. The summed E-state index contributed by atoms with van der Waals surface area (Å²) in [5, 5.41) is 21.8. The molecule has 2 N–H and O–H groups in total. The first kappa shape index (κ1) is 23.4. The van der Waals surface area contributed by atoms with E-state index < -0.39 is 10.8 Å². The molecule has 0 aliphatic carbocycles. The summed E-state index contributed by atoms with van der Waals surface area (Å²) in [6, 6.07) is 23.2. The Morgan fingerprint density at radius 2 is 1.74 bits per heavy atom. The zero-order valence-corrected chi connectivity index (χ0v) is 19.2. The van der Waals surface area contributed by atoms with E-state index >= 15 is 0 Å². The van der Waals surface area contributed by atoms with Gasteiger partial charge in [-0.25, -0.2) is 5.43 Å². The molecule has 0 fully saturated rings. The number of nitrogens with one attached hydrogen (secondary N) is 2. The fourth-order valence-corrected chi connectivity index (χ4v) is 3.24. The predicted octanol–water partition coefficient (Wildman–Crippen LogP) is 5.03. The van der Waals surface area contributed by atoms with Gasteiger partial charge in [0.05, 0.1) is 16.3 Å². The van der Waals surface area contributed by atoms with E-state index in [0.717, 1.165) is 16.9 Å². The molecule has 0 aliphatic rings. The van der Waals surface area contributed by atoms with Gasteiger partial charge in [0.15, 0.2) is 0 Å². The second-order valence-corrected chi connectivity index (χ2v) is 7.91. The van der Waals surface area contributed by atoms with Crippen molar-refractivity contribution in [1.82, 2.24) is 15.6 Å². The molecular formula is C26H23N5O4. The van der Waals surface area contributed by atoms with E-state index in [1.54, 1.807) is 25.1 Å². The van der Waals surface area contributed by atoms with Crippen molar-refractivity contribution < 1.29 is 14.5 Å². The summed E-state index contributed by atoms with van der Waals surface area (Å²) >= 11 is 0. The number of aromatic nitrogens is 2. The Kier molecular flexibility index (Phi) is 6.96. The highest BCUT2D eigenvalue weighted by Gasteiger charge is 2.12. The number of benzene rings is 3. The molecule has 0 atom stereocenters. The third-order valence-corrected chi connectivity index (χ3v) is 5.32. The van der Waals surface area contributed by atoms with Crippen LogP contribution in [-0.2, 0) is 6.61 Å². The minimum Gasteiger partial charge on any atom is -0.489 e. The third-order valence-electron chi connectivity index (χ3n) is 5.32. The van der Waals surface area contributed by atoms with Gasteiger partial charge < -0.3 is 4.74 Å². The Morgan fingerprint density at radius 1 is 1.06 bits per heavy atom. The molecule has 0 spiro atoms. The standard InChI is InChI=1S/C26H23N5O4/c1-17-3-5-19(6-4-17)16-35-23-13-9-21(10-14-23)24-15-25(29-28-24)26(32)30-27-18(2)20-7-11-22(12-8-20)31(33)34/h3-15H,16H2,1-2H3,(H,28,29)(H,30,32). The monoisotopic (exact) mass is 469 g/mol. The maximum absolute atomic E-state index is 12.5. The van der Waals surface area contributed by atoms with E-state index in [9.17, 15) is 14.9 Å². The van der Waals surface area contributed by atoms with Gasteiger partial charge in [-0.1, -0.05) is 29.8 Å². The van der Waals surface area contributed by atoms with Crippen LogP contribution in [-0.4, -0.2) is 26.7 Å². The molecule has 0 bridgehead atoms. The number of non-ortho nitro benzene ring substituents is 1. The van der Waals surface area contributed by atoms with E-state index in [1.807, 2.05) is 43.3 Å². The first-order chi connectivity index (χ1) is 16.9. The Balaban J connectivity index is 1.35. The lowest BCUT2D eigenvalue weighted by molar-refractivity contribution is -0.384. The van der Waals surface area contributed by atoms with Crippen LogP contribution in [0.4, 0.5) is 5.69 Å². The van der Waals surface area contributed by atoms with Crippen LogP contribution in [0.25, 0.3) is 11.3 Å². The highest BCUT2D eigenvalue weighted by Crippen LogP contribution is 2.22. The highest BCUT2D eigenvalue weighted by atomic mass is 16.6. The Labute approximate surface area is 201 Å². The number of carbonyl (C=O) groups excluding carboxylic acids is 1. The van der Waals surface area contributed by atoms with Gasteiger partial charge in [0.2, 0.25) is 0 Å². The van der Waals surface area contributed by atoms with E-state index in [2.05, 4.69) is 32.9 Å². The Bertz CT molecular complexity index is 1360. The fraction of sp³-hybridized carbons (Fsp3) is 0.115. The summed E-state index contributed by atoms with van der Waals surface area (Å²) in [4.78, 5) is 22.8.